The van der Waals surface area contributed by atoms with Crippen molar-refractivity contribution in [1.82, 2.24) is 5.32 Å². The fourth-order valence-corrected chi connectivity index (χ4v) is 2.08. The van der Waals surface area contributed by atoms with Gasteiger partial charge in [-0.25, -0.2) is 4.79 Å². The highest BCUT2D eigenvalue weighted by atomic mass is 35.5. The minimum absolute atomic E-state index is 0.124. The molecule has 0 aromatic heterocycles. The maximum absolute atomic E-state index is 11.7. The van der Waals surface area contributed by atoms with Gasteiger partial charge in [-0.05, 0) is 18.1 Å². The number of benzene rings is 2. The maximum atomic E-state index is 11.7. The highest BCUT2D eigenvalue weighted by Crippen LogP contribution is 2.23. The van der Waals surface area contributed by atoms with E-state index in [0.29, 0.717) is 23.7 Å². The number of carbonyl (C=O) groups excluding carboxylic acids is 1. The number of urea groups is 1. The molecule has 2 aromatic carbocycles. The summed E-state index contributed by atoms with van der Waals surface area (Å²) in [6.45, 7) is 0.417. The van der Waals surface area contributed by atoms with Crippen molar-refractivity contribution >= 4 is 23.3 Å². The third-order valence-corrected chi connectivity index (χ3v) is 3.17. The molecule has 0 bridgehead atoms. The van der Waals surface area contributed by atoms with E-state index in [2.05, 4.69) is 10.6 Å². The van der Waals surface area contributed by atoms with Crippen molar-refractivity contribution < 1.29 is 15.0 Å². The first-order valence-corrected chi connectivity index (χ1v) is 6.73. The molecule has 110 valence electrons. The zero-order valence-corrected chi connectivity index (χ0v) is 11.9. The molecule has 0 fully saturated rings. The molecule has 0 aliphatic rings. The van der Waals surface area contributed by atoms with Crippen molar-refractivity contribution in [2.24, 2.45) is 0 Å². The van der Waals surface area contributed by atoms with E-state index in [0.717, 1.165) is 5.56 Å². The van der Waals surface area contributed by atoms with Gasteiger partial charge in [0.1, 0.15) is 11.5 Å². The molecule has 0 aliphatic heterocycles. The predicted octanol–water partition coefficient (Wildman–Crippen LogP) is 3.12. The number of amides is 2. The van der Waals surface area contributed by atoms with Crippen molar-refractivity contribution in [2.75, 3.05) is 11.9 Å². The summed E-state index contributed by atoms with van der Waals surface area (Å²) in [5.74, 6) is -0.247. The van der Waals surface area contributed by atoms with Gasteiger partial charge in [0.15, 0.2) is 0 Å². The zero-order valence-electron chi connectivity index (χ0n) is 11.1. The smallest absolute Gasteiger partial charge is 0.319 e. The quantitative estimate of drug-likeness (QED) is 0.700. The normalized spacial score (nSPS) is 10.1. The Kier molecular flexibility index (Phi) is 4.90. The SMILES string of the molecule is O=C(NCCc1ccccc1Cl)Nc1cc(O)cc(O)c1. The first-order chi connectivity index (χ1) is 10.0. The van der Waals surface area contributed by atoms with Crippen molar-refractivity contribution in [3.63, 3.8) is 0 Å². The molecule has 2 amide bonds. The van der Waals surface area contributed by atoms with Crippen LogP contribution in [0.1, 0.15) is 5.56 Å². The van der Waals surface area contributed by atoms with Crippen LogP contribution >= 0.6 is 11.6 Å². The highest BCUT2D eigenvalue weighted by Gasteiger charge is 2.05. The van der Waals surface area contributed by atoms with Crippen molar-refractivity contribution in [3.05, 3.63) is 53.1 Å². The van der Waals surface area contributed by atoms with Crippen LogP contribution in [0.2, 0.25) is 5.02 Å². The van der Waals surface area contributed by atoms with Gasteiger partial charge < -0.3 is 20.8 Å². The van der Waals surface area contributed by atoms with Crippen molar-refractivity contribution in [3.8, 4) is 11.5 Å². The Hall–Kier alpha value is -2.40. The summed E-state index contributed by atoms with van der Waals surface area (Å²) in [6, 6.07) is 10.9. The van der Waals surface area contributed by atoms with E-state index in [1.165, 1.54) is 18.2 Å². The number of phenolic OH excluding ortho intramolecular Hbond substituents is 2. The third kappa shape index (κ3) is 4.57. The lowest BCUT2D eigenvalue weighted by Gasteiger charge is -2.09. The van der Waals surface area contributed by atoms with Gasteiger partial charge >= 0.3 is 6.03 Å². The van der Waals surface area contributed by atoms with Gasteiger partial charge in [-0.15, -0.1) is 0 Å². The summed E-state index contributed by atoms with van der Waals surface area (Å²) in [5.41, 5.74) is 1.26. The first kappa shape index (κ1) is 15.0. The van der Waals surface area contributed by atoms with Crippen LogP contribution in [0.3, 0.4) is 0 Å². The molecule has 0 heterocycles. The summed E-state index contributed by atoms with van der Waals surface area (Å²) in [7, 11) is 0. The van der Waals surface area contributed by atoms with Crippen molar-refractivity contribution in [1.29, 1.82) is 0 Å². The second kappa shape index (κ2) is 6.85. The molecular formula is C15H15ClN2O3. The standard InChI is InChI=1S/C15H15ClN2O3/c16-14-4-2-1-3-10(14)5-6-17-15(21)18-11-7-12(19)9-13(20)8-11/h1-4,7-9,19-20H,5-6H2,(H2,17,18,21). The van der Waals surface area contributed by atoms with Crippen LogP contribution in [0.5, 0.6) is 11.5 Å². The number of nitrogens with one attached hydrogen (secondary N) is 2. The minimum Gasteiger partial charge on any atom is -0.508 e. The predicted molar refractivity (Wildman–Crippen MR) is 81.9 cm³/mol. The molecule has 0 saturated carbocycles. The second-order valence-electron chi connectivity index (χ2n) is 4.46. The van der Waals surface area contributed by atoms with E-state index in [1.54, 1.807) is 6.07 Å². The second-order valence-corrected chi connectivity index (χ2v) is 4.87. The van der Waals surface area contributed by atoms with Gasteiger partial charge in [0, 0.05) is 35.5 Å². The third-order valence-electron chi connectivity index (χ3n) is 2.80. The average molecular weight is 307 g/mol. The van der Waals surface area contributed by atoms with Gasteiger partial charge in [0.2, 0.25) is 0 Å². The molecule has 2 rings (SSSR count). The van der Waals surface area contributed by atoms with Gasteiger partial charge in [-0.3, -0.25) is 0 Å². The van der Waals surface area contributed by atoms with E-state index < -0.39 is 6.03 Å². The molecule has 5 nitrogen and oxygen atoms in total. The molecular weight excluding hydrogens is 292 g/mol. The Morgan fingerprint density at radius 3 is 2.43 bits per heavy atom. The van der Waals surface area contributed by atoms with Crippen LogP contribution in [0.15, 0.2) is 42.5 Å². The van der Waals surface area contributed by atoms with Crippen LogP contribution in [0.4, 0.5) is 10.5 Å². The molecule has 0 aliphatic carbocycles. The molecule has 6 heteroatoms. The van der Waals surface area contributed by atoms with Crippen LogP contribution in [-0.4, -0.2) is 22.8 Å². The number of hydrogen-bond acceptors (Lipinski definition) is 3. The van der Waals surface area contributed by atoms with Crippen LogP contribution < -0.4 is 10.6 Å². The summed E-state index contributed by atoms with van der Waals surface area (Å²) < 4.78 is 0. The van der Waals surface area contributed by atoms with E-state index in [1.807, 2.05) is 18.2 Å². The number of aromatic hydroxyl groups is 2. The zero-order chi connectivity index (χ0) is 15.2. The molecule has 4 N–H and O–H groups in total. The Labute approximate surface area is 127 Å². The summed E-state index contributed by atoms with van der Waals surface area (Å²) >= 11 is 6.02. The first-order valence-electron chi connectivity index (χ1n) is 6.36. The van der Waals surface area contributed by atoms with Gasteiger partial charge in [-0.2, -0.15) is 0 Å². The Balaban J connectivity index is 1.84. The molecule has 0 spiro atoms. The number of rotatable bonds is 4. The maximum Gasteiger partial charge on any atom is 0.319 e. The monoisotopic (exact) mass is 306 g/mol. The highest BCUT2D eigenvalue weighted by molar-refractivity contribution is 6.31. The number of anilines is 1. The Bertz CT molecular complexity index is 626. The Morgan fingerprint density at radius 2 is 1.76 bits per heavy atom. The fraction of sp³-hybridized carbons (Fsp3) is 0.133. The lowest BCUT2D eigenvalue weighted by atomic mass is 10.1. The van der Waals surface area contributed by atoms with Gasteiger partial charge in [0.25, 0.3) is 0 Å². The minimum atomic E-state index is -0.424. The lowest BCUT2D eigenvalue weighted by molar-refractivity contribution is 0.252. The van der Waals surface area contributed by atoms with E-state index in [-0.39, 0.29) is 11.5 Å². The van der Waals surface area contributed by atoms with E-state index in [9.17, 15) is 15.0 Å². The van der Waals surface area contributed by atoms with Gasteiger partial charge in [-0.1, -0.05) is 29.8 Å². The molecule has 0 radical (unpaired) electrons. The van der Waals surface area contributed by atoms with Crippen LogP contribution in [0, 0.1) is 0 Å². The van der Waals surface area contributed by atoms with Gasteiger partial charge in [0.05, 0.1) is 0 Å². The summed E-state index contributed by atoms with van der Waals surface area (Å²) in [6.07, 6.45) is 0.610. The summed E-state index contributed by atoms with van der Waals surface area (Å²) in [5, 5.41) is 24.5. The Morgan fingerprint density at radius 1 is 1.10 bits per heavy atom. The topological polar surface area (TPSA) is 81.6 Å². The number of halogens is 1. The van der Waals surface area contributed by atoms with E-state index in [4.69, 9.17) is 11.6 Å². The fourth-order valence-electron chi connectivity index (χ4n) is 1.85. The largest absolute Gasteiger partial charge is 0.508 e. The number of carbonyl (C=O) groups is 1. The molecule has 2 aromatic rings. The van der Waals surface area contributed by atoms with Crippen LogP contribution in [0.25, 0.3) is 0 Å². The van der Waals surface area contributed by atoms with E-state index >= 15 is 0 Å². The molecule has 21 heavy (non-hydrogen) atoms. The summed E-state index contributed by atoms with van der Waals surface area (Å²) in [4.78, 5) is 11.7. The average Bonchev–Trinajstić information content (AvgIpc) is 2.39. The molecule has 0 saturated heterocycles. The molecule has 0 atom stereocenters. The number of phenols is 2. The molecule has 0 unspecified atom stereocenters. The number of hydrogen-bond donors (Lipinski definition) is 4. The lowest BCUT2D eigenvalue weighted by Crippen LogP contribution is -2.30. The van der Waals surface area contributed by atoms with Crippen molar-refractivity contribution in [2.45, 2.75) is 6.42 Å². The van der Waals surface area contributed by atoms with Crippen LogP contribution in [-0.2, 0) is 6.42 Å².